The van der Waals surface area contributed by atoms with Crippen LogP contribution in [0.25, 0.3) is 0 Å². The number of carbonyl (C=O) groups is 2. The summed E-state index contributed by atoms with van der Waals surface area (Å²) in [6.07, 6.45) is -2.38. The molecule has 0 saturated heterocycles. The second-order valence-electron chi connectivity index (χ2n) is 7.30. The summed E-state index contributed by atoms with van der Waals surface area (Å²) in [5.74, 6) is -0.549. The van der Waals surface area contributed by atoms with Crippen LogP contribution in [-0.2, 0) is 13.0 Å². The summed E-state index contributed by atoms with van der Waals surface area (Å²) in [6.45, 7) is 6.02. The molecule has 2 amide bonds. The van der Waals surface area contributed by atoms with Gasteiger partial charge >= 0.3 is 6.18 Å². The second-order valence-corrected chi connectivity index (χ2v) is 7.30. The van der Waals surface area contributed by atoms with Crippen LogP contribution < -0.4 is 5.32 Å². The van der Waals surface area contributed by atoms with Crippen LogP contribution in [0.2, 0.25) is 0 Å². The van der Waals surface area contributed by atoms with Crippen molar-refractivity contribution in [1.82, 2.24) is 20.2 Å². The van der Waals surface area contributed by atoms with Crippen molar-refractivity contribution >= 4 is 11.8 Å². The minimum atomic E-state index is -4.23. The molecular formula is C21H23F3N4O2. The van der Waals surface area contributed by atoms with Crippen LogP contribution in [0.1, 0.15) is 69.5 Å². The number of fused-ring (bicyclic) bond motifs is 1. The van der Waals surface area contributed by atoms with Gasteiger partial charge in [-0.1, -0.05) is 6.07 Å². The fraction of sp³-hybridized carbons (Fsp3) is 0.429. The Morgan fingerprint density at radius 1 is 1.33 bits per heavy atom. The molecule has 160 valence electrons. The summed E-state index contributed by atoms with van der Waals surface area (Å²) in [5.41, 5.74) is 3.00. The van der Waals surface area contributed by atoms with Gasteiger partial charge in [-0.25, -0.2) is 0 Å². The summed E-state index contributed by atoms with van der Waals surface area (Å²) < 4.78 is 37.5. The normalized spacial score (nSPS) is 14.6. The number of nitrogens with zero attached hydrogens (tertiary/aromatic N) is 3. The van der Waals surface area contributed by atoms with Crippen LogP contribution in [0.3, 0.4) is 0 Å². The quantitative estimate of drug-likeness (QED) is 0.773. The number of halogens is 3. The zero-order valence-electron chi connectivity index (χ0n) is 17.0. The molecule has 0 fully saturated rings. The van der Waals surface area contributed by atoms with E-state index in [0.717, 1.165) is 5.56 Å². The van der Waals surface area contributed by atoms with Crippen LogP contribution in [0.15, 0.2) is 24.5 Å². The van der Waals surface area contributed by atoms with Crippen LogP contribution >= 0.6 is 0 Å². The molecule has 1 aliphatic heterocycles. The minimum Gasteiger partial charge on any atom is -0.351 e. The average molecular weight is 420 g/mol. The largest absolute Gasteiger partial charge is 0.389 e. The lowest BCUT2D eigenvalue weighted by Gasteiger charge is -2.25. The van der Waals surface area contributed by atoms with Gasteiger partial charge in [0.05, 0.1) is 6.04 Å². The predicted octanol–water partition coefficient (Wildman–Crippen LogP) is 3.75. The van der Waals surface area contributed by atoms with Gasteiger partial charge in [0, 0.05) is 48.7 Å². The molecule has 0 spiro atoms. The number of pyridine rings is 2. The Balaban J connectivity index is 1.81. The van der Waals surface area contributed by atoms with Crippen molar-refractivity contribution in [2.24, 2.45) is 0 Å². The lowest BCUT2D eigenvalue weighted by Crippen LogP contribution is -2.28. The van der Waals surface area contributed by atoms with Gasteiger partial charge in [0.1, 0.15) is 5.69 Å². The Morgan fingerprint density at radius 2 is 2.07 bits per heavy atom. The van der Waals surface area contributed by atoms with E-state index in [2.05, 4.69) is 15.3 Å². The second kappa shape index (κ2) is 8.41. The predicted molar refractivity (Wildman–Crippen MR) is 104 cm³/mol. The molecule has 1 aliphatic rings. The first-order chi connectivity index (χ1) is 14.1. The Kier molecular flexibility index (Phi) is 6.09. The van der Waals surface area contributed by atoms with Crippen LogP contribution in [-0.4, -0.2) is 39.4 Å². The molecule has 1 atom stereocenters. The molecule has 2 aromatic rings. The van der Waals surface area contributed by atoms with Gasteiger partial charge in [-0.3, -0.25) is 19.6 Å². The third-order valence-corrected chi connectivity index (χ3v) is 5.23. The molecule has 6 nitrogen and oxygen atoms in total. The van der Waals surface area contributed by atoms with Crippen molar-refractivity contribution in [1.29, 1.82) is 0 Å². The van der Waals surface area contributed by atoms with E-state index >= 15 is 0 Å². The first kappa shape index (κ1) is 21.7. The Morgan fingerprint density at radius 3 is 2.70 bits per heavy atom. The molecule has 3 heterocycles. The smallest absolute Gasteiger partial charge is 0.351 e. The van der Waals surface area contributed by atoms with Crippen molar-refractivity contribution < 1.29 is 22.8 Å². The fourth-order valence-corrected chi connectivity index (χ4v) is 3.56. The van der Waals surface area contributed by atoms with Gasteiger partial charge in [0.2, 0.25) is 0 Å². The Labute approximate surface area is 172 Å². The molecule has 0 radical (unpaired) electrons. The molecule has 1 unspecified atom stereocenters. The molecule has 0 aromatic carbocycles. The van der Waals surface area contributed by atoms with Gasteiger partial charge in [-0.05, 0) is 44.4 Å². The maximum absolute atomic E-state index is 12.9. The molecule has 9 heteroatoms. The highest BCUT2D eigenvalue weighted by molar-refractivity contribution is 6.03. The number of aromatic nitrogens is 2. The number of alkyl halides is 3. The number of carbonyl (C=O) groups excluding carboxylic acids is 2. The molecule has 1 N–H and O–H groups in total. The van der Waals surface area contributed by atoms with Crippen LogP contribution in [0, 0.1) is 6.92 Å². The highest BCUT2D eigenvalue weighted by atomic mass is 19.4. The number of rotatable bonds is 6. The van der Waals surface area contributed by atoms with Crippen molar-refractivity contribution in [2.45, 2.75) is 52.4 Å². The van der Waals surface area contributed by atoms with Gasteiger partial charge in [-0.2, -0.15) is 13.2 Å². The monoisotopic (exact) mass is 420 g/mol. The summed E-state index contributed by atoms with van der Waals surface area (Å²) in [7, 11) is 0. The number of amides is 2. The van der Waals surface area contributed by atoms with E-state index in [1.807, 2.05) is 6.92 Å². The number of hydrogen-bond acceptors (Lipinski definition) is 4. The summed E-state index contributed by atoms with van der Waals surface area (Å²) in [5, 5.41) is 2.70. The van der Waals surface area contributed by atoms with Crippen LogP contribution in [0.5, 0.6) is 0 Å². The molecule has 0 bridgehead atoms. The standard InChI is InChI=1S/C21H23F3N4O2/c1-4-25-19(29)18-16-11-28(20(30)15(16)6-8-26-18)13(3)14-9-12(2)17(27-10-14)5-7-21(22,23)24/h6,8-10,13H,4-5,7,11H2,1-3H3,(H,25,29). The number of hydrogen-bond donors (Lipinski definition) is 1. The number of aryl methyl sites for hydroxylation is 2. The van der Waals surface area contributed by atoms with Crippen molar-refractivity contribution in [3.05, 3.63) is 58.2 Å². The van der Waals surface area contributed by atoms with Gasteiger partial charge in [-0.15, -0.1) is 0 Å². The first-order valence-corrected chi connectivity index (χ1v) is 9.71. The molecule has 2 aromatic heterocycles. The maximum atomic E-state index is 12.9. The lowest BCUT2D eigenvalue weighted by molar-refractivity contribution is -0.134. The zero-order chi connectivity index (χ0) is 22.1. The highest BCUT2D eigenvalue weighted by Gasteiger charge is 2.35. The Bertz CT molecular complexity index is 975. The SMILES string of the molecule is CCNC(=O)c1nccc2c1CN(C(C)c1cnc(CCC(F)(F)F)c(C)c1)C2=O. The third-order valence-electron chi connectivity index (χ3n) is 5.23. The summed E-state index contributed by atoms with van der Waals surface area (Å²) in [4.78, 5) is 35.2. The third kappa shape index (κ3) is 4.44. The average Bonchev–Trinajstić information content (AvgIpc) is 3.02. The summed E-state index contributed by atoms with van der Waals surface area (Å²) in [6, 6.07) is 2.99. The topological polar surface area (TPSA) is 75.2 Å². The van der Waals surface area contributed by atoms with E-state index in [-0.39, 0.29) is 36.5 Å². The van der Waals surface area contributed by atoms with E-state index in [1.165, 1.54) is 12.4 Å². The number of nitrogens with one attached hydrogen (secondary N) is 1. The molecule has 30 heavy (non-hydrogen) atoms. The first-order valence-electron chi connectivity index (χ1n) is 9.71. The molecule has 0 aliphatic carbocycles. The van der Waals surface area contributed by atoms with E-state index in [4.69, 9.17) is 0 Å². The van der Waals surface area contributed by atoms with Gasteiger partial charge in [0.25, 0.3) is 11.8 Å². The fourth-order valence-electron chi connectivity index (χ4n) is 3.56. The maximum Gasteiger partial charge on any atom is 0.389 e. The molecular weight excluding hydrogens is 397 g/mol. The van der Waals surface area contributed by atoms with E-state index in [1.54, 1.807) is 30.9 Å². The highest BCUT2D eigenvalue weighted by Crippen LogP contribution is 2.33. The zero-order valence-corrected chi connectivity index (χ0v) is 17.0. The molecule has 3 rings (SSSR count). The van der Waals surface area contributed by atoms with E-state index in [9.17, 15) is 22.8 Å². The van der Waals surface area contributed by atoms with E-state index < -0.39 is 12.6 Å². The van der Waals surface area contributed by atoms with E-state index in [0.29, 0.717) is 28.9 Å². The van der Waals surface area contributed by atoms with Crippen molar-refractivity contribution in [3.63, 3.8) is 0 Å². The van der Waals surface area contributed by atoms with Gasteiger partial charge < -0.3 is 10.2 Å². The van der Waals surface area contributed by atoms with Gasteiger partial charge in [0.15, 0.2) is 0 Å². The minimum absolute atomic E-state index is 0.181. The molecule has 0 saturated carbocycles. The van der Waals surface area contributed by atoms with Crippen molar-refractivity contribution in [2.75, 3.05) is 6.54 Å². The lowest BCUT2D eigenvalue weighted by atomic mass is 10.0. The van der Waals surface area contributed by atoms with Crippen LogP contribution in [0.4, 0.5) is 13.2 Å². The Hall–Kier alpha value is -2.97. The van der Waals surface area contributed by atoms with Crippen molar-refractivity contribution in [3.8, 4) is 0 Å². The summed E-state index contributed by atoms with van der Waals surface area (Å²) >= 11 is 0.